The molecule has 0 amide bonds. The van der Waals surface area contributed by atoms with E-state index < -0.39 is 10.1 Å². The van der Waals surface area contributed by atoms with Gasteiger partial charge in [0.05, 0.1) is 11.2 Å². The lowest BCUT2D eigenvalue weighted by molar-refractivity contribution is 0.483. The molecular formula is C12H12O5S. The molecule has 0 radical (unpaired) electrons. The average molecular weight is 268 g/mol. The van der Waals surface area contributed by atoms with Crippen molar-refractivity contribution in [1.29, 1.82) is 0 Å². The van der Waals surface area contributed by atoms with E-state index in [2.05, 4.69) is 4.42 Å². The van der Waals surface area contributed by atoms with Gasteiger partial charge in [0.1, 0.15) is 0 Å². The zero-order valence-electron chi connectivity index (χ0n) is 9.61. The number of aryl methyl sites for hydroxylation is 1. The summed E-state index contributed by atoms with van der Waals surface area (Å²) in [6, 6.07) is 10.6. The molecule has 96 valence electrons. The van der Waals surface area contributed by atoms with Gasteiger partial charge in [0.2, 0.25) is 0 Å². The molecule has 0 aliphatic heterocycles. The molecule has 1 N–H and O–H groups in total. The number of benzene rings is 1. The maximum absolute atomic E-state index is 10.5. The van der Waals surface area contributed by atoms with E-state index in [4.69, 9.17) is 4.55 Å². The third-order valence-corrected chi connectivity index (χ3v) is 2.79. The zero-order valence-corrected chi connectivity index (χ0v) is 10.4. The summed E-state index contributed by atoms with van der Waals surface area (Å²) in [5.74, 6) is 0. The van der Waals surface area contributed by atoms with Gasteiger partial charge < -0.3 is 4.42 Å². The predicted octanol–water partition coefficient (Wildman–Crippen LogP) is 1.88. The summed E-state index contributed by atoms with van der Waals surface area (Å²) in [5, 5.41) is 0. The van der Waals surface area contributed by atoms with Crippen LogP contribution in [0.2, 0.25) is 0 Å². The molecule has 1 aromatic carbocycles. The van der Waals surface area contributed by atoms with E-state index in [0.717, 1.165) is 5.56 Å². The smallest absolute Gasteiger partial charge is 0.335 e. The summed E-state index contributed by atoms with van der Waals surface area (Å²) in [6.45, 7) is 1.84. The molecule has 1 heterocycles. The van der Waals surface area contributed by atoms with Crippen LogP contribution in [0.5, 0.6) is 0 Å². The van der Waals surface area contributed by atoms with Crippen molar-refractivity contribution >= 4 is 10.1 Å². The molecule has 2 aromatic rings. The Hall–Kier alpha value is -1.92. The first kappa shape index (κ1) is 14.1. The minimum Gasteiger partial charge on any atom is -0.431 e. The van der Waals surface area contributed by atoms with Crippen molar-refractivity contribution in [2.45, 2.75) is 11.8 Å². The van der Waals surface area contributed by atoms with E-state index in [1.807, 2.05) is 6.92 Å². The highest BCUT2D eigenvalue weighted by atomic mass is 32.2. The lowest BCUT2D eigenvalue weighted by Gasteiger charge is -1.95. The van der Waals surface area contributed by atoms with Crippen LogP contribution in [0.3, 0.4) is 0 Å². The molecule has 6 heteroatoms. The second-order valence-electron chi connectivity index (χ2n) is 3.41. The summed E-state index contributed by atoms with van der Waals surface area (Å²) >= 11 is 0. The van der Waals surface area contributed by atoms with Gasteiger partial charge in [-0.05, 0) is 25.1 Å². The van der Waals surface area contributed by atoms with Crippen LogP contribution in [0.1, 0.15) is 5.56 Å². The normalized spacial score (nSPS) is 10.3. The fraction of sp³-hybridized carbons (Fsp3) is 0.0833. The van der Waals surface area contributed by atoms with Crippen molar-refractivity contribution in [2.75, 3.05) is 0 Å². The fourth-order valence-corrected chi connectivity index (χ4v) is 1.52. The Kier molecular flexibility index (Phi) is 4.82. The standard InChI is InChI=1S/C7H8O3S.C5H4O2/c1-6-2-4-7(5-3-6)11(8,9)10;6-5-3-1-2-4-7-5/h2-5H,1H3,(H,8,9,10);1-4H. The van der Waals surface area contributed by atoms with Crippen LogP contribution in [0.15, 0.2) is 62.8 Å². The second kappa shape index (κ2) is 6.13. The van der Waals surface area contributed by atoms with Crippen LogP contribution in [0, 0.1) is 6.92 Å². The molecule has 0 atom stereocenters. The first-order valence-electron chi connectivity index (χ1n) is 4.97. The summed E-state index contributed by atoms with van der Waals surface area (Å²) in [6.07, 6.45) is 1.35. The number of hydrogen-bond acceptors (Lipinski definition) is 4. The molecule has 0 saturated carbocycles. The minimum atomic E-state index is -4.02. The Morgan fingerprint density at radius 2 is 1.67 bits per heavy atom. The summed E-state index contributed by atoms with van der Waals surface area (Å²) in [5.41, 5.74) is 0.653. The number of hydrogen-bond donors (Lipinski definition) is 1. The summed E-state index contributed by atoms with van der Waals surface area (Å²) in [4.78, 5) is 10.0. The van der Waals surface area contributed by atoms with E-state index in [1.54, 1.807) is 24.3 Å². The Bertz CT molecular complexity index is 623. The highest BCUT2D eigenvalue weighted by molar-refractivity contribution is 7.85. The number of rotatable bonds is 1. The van der Waals surface area contributed by atoms with E-state index in [1.165, 1.54) is 24.5 Å². The molecule has 0 bridgehead atoms. The first-order chi connectivity index (χ1) is 8.39. The van der Waals surface area contributed by atoms with Gasteiger partial charge in [-0.25, -0.2) is 4.79 Å². The van der Waals surface area contributed by atoms with Crippen molar-refractivity contribution in [3.8, 4) is 0 Å². The molecule has 1 aromatic heterocycles. The van der Waals surface area contributed by atoms with Crippen LogP contribution in [-0.4, -0.2) is 13.0 Å². The molecule has 0 fully saturated rings. The van der Waals surface area contributed by atoms with E-state index in [0.29, 0.717) is 0 Å². The Labute approximate surface area is 104 Å². The van der Waals surface area contributed by atoms with Gasteiger partial charge in [-0.3, -0.25) is 4.55 Å². The van der Waals surface area contributed by atoms with E-state index >= 15 is 0 Å². The third-order valence-electron chi connectivity index (χ3n) is 1.93. The van der Waals surface area contributed by atoms with Crippen LogP contribution in [0.4, 0.5) is 0 Å². The van der Waals surface area contributed by atoms with Crippen LogP contribution >= 0.6 is 0 Å². The zero-order chi connectivity index (χ0) is 13.6. The van der Waals surface area contributed by atoms with Crippen LogP contribution in [0.25, 0.3) is 0 Å². The summed E-state index contributed by atoms with van der Waals surface area (Å²) in [7, 11) is -4.02. The molecule has 0 spiro atoms. The molecule has 0 aliphatic carbocycles. The van der Waals surface area contributed by atoms with Crippen LogP contribution in [-0.2, 0) is 10.1 Å². The highest BCUT2D eigenvalue weighted by Gasteiger charge is 2.06. The lowest BCUT2D eigenvalue weighted by Crippen LogP contribution is -1.96. The highest BCUT2D eigenvalue weighted by Crippen LogP contribution is 2.08. The van der Waals surface area contributed by atoms with Crippen molar-refractivity contribution in [2.24, 2.45) is 0 Å². The van der Waals surface area contributed by atoms with Crippen molar-refractivity contribution < 1.29 is 17.4 Å². The van der Waals surface area contributed by atoms with E-state index in [9.17, 15) is 13.2 Å². The fourth-order valence-electron chi connectivity index (χ4n) is 1.04. The van der Waals surface area contributed by atoms with Gasteiger partial charge in [0.15, 0.2) is 0 Å². The van der Waals surface area contributed by atoms with Crippen molar-refractivity contribution in [1.82, 2.24) is 0 Å². The third kappa shape index (κ3) is 4.94. The minimum absolute atomic E-state index is 0.0666. The second-order valence-corrected chi connectivity index (χ2v) is 4.83. The van der Waals surface area contributed by atoms with Gasteiger partial charge in [-0.2, -0.15) is 8.42 Å². The van der Waals surface area contributed by atoms with Gasteiger partial charge in [0, 0.05) is 6.07 Å². The Morgan fingerprint density at radius 1 is 1.06 bits per heavy atom. The Balaban J connectivity index is 0.000000199. The van der Waals surface area contributed by atoms with Gasteiger partial charge >= 0.3 is 5.63 Å². The van der Waals surface area contributed by atoms with Crippen molar-refractivity contribution in [3.63, 3.8) is 0 Å². The monoisotopic (exact) mass is 268 g/mol. The largest absolute Gasteiger partial charge is 0.431 e. The molecular weight excluding hydrogens is 256 g/mol. The SMILES string of the molecule is Cc1ccc(S(=O)(=O)O)cc1.O=c1cccco1. The maximum atomic E-state index is 10.5. The molecule has 0 aliphatic rings. The maximum Gasteiger partial charge on any atom is 0.335 e. The van der Waals surface area contributed by atoms with E-state index in [-0.39, 0.29) is 10.5 Å². The first-order valence-corrected chi connectivity index (χ1v) is 6.41. The lowest BCUT2D eigenvalue weighted by atomic mass is 10.2. The van der Waals surface area contributed by atoms with Gasteiger partial charge in [0.25, 0.3) is 10.1 Å². The molecule has 18 heavy (non-hydrogen) atoms. The van der Waals surface area contributed by atoms with Crippen molar-refractivity contribution in [3.05, 3.63) is 64.7 Å². The molecule has 5 nitrogen and oxygen atoms in total. The molecule has 0 saturated heterocycles. The summed E-state index contributed by atoms with van der Waals surface area (Å²) < 4.78 is 33.9. The quantitative estimate of drug-likeness (QED) is 0.798. The predicted molar refractivity (Wildman–Crippen MR) is 66.0 cm³/mol. The Morgan fingerprint density at radius 3 is 2.00 bits per heavy atom. The molecule has 0 unspecified atom stereocenters. The van der Waals surface area contributed by atoms with Crippen LogP contribution < -0.4 is 5.63 Å². The molecule has 2 rings (SSSR count). The van der Waals surface area contributed by atoms with Gasteiger partial charge in [-0.1, -0.05) is 23.8 Å². The van der Waals surface area contributed by atoms with Gasteiger partial charge in [-0.15, -0.1) is 0 Å². The topological polar surface area (TPSA) is 84.6 Å². The average Bonchev–Trinajstić information content (AvgIpc) is 2.30.